The van der Waals surface area contributed by atoms with Crippen LogP contribution in [0.25, 0.3) is 22.4 Å². The quantitative estimate of drug-likeness (QED) is 0.450. The highest BCUT2D eigenvalue weighted by atomic mass is 35.5. The third kappa shape index (κ3) is 4.31. The summed E-state index contributed by atoms with van der Waals surface area (Å²) in [5.74, 6) is 2.04. The van der Waals surface area contributed by atoms with Gasteiger partial charge in [-0.05, 0) is 43.3 Å². The molecule has 4 aromatic rings. The Labute approximate surface area is 178 Å². The van der Waals surface area contributed by atoms with Gasteiger partial charge in [0, 0.05) is 28.8 Å². The van der Waals surface area contributed by atoms with E-state index in [4.69, 9.17) is 25.3 Å². The molecule has 0 fully saturated rings. The fourth-order valence-electron chi connectivity index (χ4n) is 3.11. The number of fused-ring (bicyclic) bond motifs is 1. The summed E-state index contributed by atoms with van der Waals surface area (Å²) in [4.78, 5) is 16.7. The zero-order chi connectivity index (χ0) is 21.1. The molecule has 2 aromatic heterocycles. The highest BCUT2D eigenvalue weighted by molar-refractivity contribution is 6.30. The van der Waals surface area contributed by atoms with Crippen molar-refractivity contribution >= 4 is 28.5 Å². The van der Waals surface area contributed by atoms with E-state index in [1.165, 1.54) is 0 Å². The molecule has 4 rings (SSSR count). The molecule has 0 aliphatic carbocycles. The van der Waals surface area contributed by atoms with Gasteiger partial charge in [-0.15, -0.1) is 0 Å². The molecule has 2 aromatic carbocycles. The standard InChI is InChI=1S/C22H20ClN3O4/c1-13(18-12-15-4-3-5-17(28-2)21(15)29-18)24-19(27)10-11-20-25-22(26-30-20)14-6-8-16(23)9-7-14/h3-9,12-13H,10-11H2,1-2H3,(H,24,27). The number of aromatic nitrogens is 2. The van der Waals surface area contributed by atoms with Gasteiger partial charge in [-0.1, -0.05) is 28.9 Å². The van der Waals surface area contributed by atoms with Crippen LogP contribution < -0.4 is 10.1 Å². The van der Waals surface area contributed by atoms with E-state index in [2.05, 4.69) is 15.5 Å². The second-order valence-corrected chi connectivity index (χ2v) is 7.27. The average Bonchev–Trinajstić information content (AvgIpc) is 3.40. The molecular weight excluding hydrogens is 406 g/mol. The number of rotatable bonds is 7. The number of aryl methyl sites for hydroxylation is 1. The monoisotopic (exact) mass is 425 g/mol. The van der Waals surface area contributed by atoms with Crippen LogP contribution in [-0.2, 0) is 11.2 Å². The number of furan rings is 1. The lowest BCUT2D eigenvalue weighted by Gasteiger charge is -2.10. The van der Waals surface area contributed by atoms with Gasteiger partial charge < -0.3 is 19.0 Å². The van der Waals surface area contributed by atoms with E-state index in [0.717, 1.165) is 10.9 Å². The molecule has 0 bridgehead atoms. The second-order valence-electron chi connectivity index (χ2n) is 6.84. The predicted octanol–water partition coefficient (Wildman–Crippen LogP) is 4.95. The van der Waals surface area contributed by atoms with Crippen molar-refractivity contribution in [1.82, 2.24) is 15.5 Å². The number of hydrogen-bond donors (Lipinski definition) is 1. The molecule has 0 saturated heterocycles. The molecule has 1 amide bonds. The molecule has 1 atom stereocenters. The van der Waals surface area contributed by atoms with E-state index in [1.807, 2.05) is 43.3 Å². The van der Waals surface area contributed by atoms with Gasteiger partial charge in [-0.25, -0.2) is 0 Å². The SMILES string of the molecule is COc1cccc2cc(C(C)NC(=O)CCc3nc(-c4ccc(Cl)cc4)no3)oc12. The minimum absolute atomic E-state index is 0.138. The molecule has 0 aliphatic rings. The molecule has 0 spiro atoms. The summed E-state index contributed by atoms with van der Waals surface area (Å²) in [6.07, 6.45) is 0.559. The normalized spacial score (nSPS) is 12.1. The zero-order valence-corrected chi connectivity index (χ0v) is 17.3. The third-order valence-electron chi connectivity index (χ3n) is 4.69. The molecule has 2 heterocycles. The number of para-hydroxylation sites is 1. The average molecular weight is 426 g/mol. The number of amides is 1. The lowest BCUT2D eigenvalue weighted by molar-refractivity contribution is -0.121. The van der Waals surface area contributed by atoms with E-state index < -0.39 is 0 Å². The van der Waals surface area contributed by atoms with Crippen molar-refractivity contribution in [2.75, 3.05) is 7.11 Å². The summed E-state index contributed by atoms with van der Waals surface area (Å²) in [5, 5.41) is 8.44. The second kappa shape index (κ2) is 8.59. The molecule has 154 valence electrons. The fourth-order valence-corrected chi connectivity index (χ4v) is 3.23. The van der Waals surface area contributed by atoms with E-state index >= 15 is 0 Å². The van der Waals surface area contributed by atoms with Crippen LogP contribution in [0.1, 0.15) is 31.0 Å². The van der Waals surface area contributed by atoms with Crippen LogP contribution in [0.5, 0.6) is 5.75 Å². The van der Waals surface area contributed by atoms with Gasteiger partial charge in [-0.3, -0.25) is 4.79 Å². The maximum Gasteiger partial charge on any atom is 0.227 e. The van der Waals surface area contributed by atoms with Gasteiger partial charge in [0.25, 0.3) is 0 Å². The molecule has 0 aliphatic heterocycles. The first-order valence-electron chi connectivity index (χ1n) is 9.48. The van der Waals surface area contributed by atoms with Crippen molar-refractivity contribution in [2.24, 2.45) is 0 Å². The van der Waals surface area contributed by atoms with Crippen LogP contribution in [0.4, 0.5) is 0 Å². The van der Waals surface area contributed by atoms with Crippen LogP contribution in [-0.4, -0.2) is 23.2 Å². The lowest BCUT2D eigenvalue weighted by atomic mass is 10.2. The van der Waals surface area contributed by atoms with Crippen molar-refractivity contribution in [3.63, 3.8) is 0 Å². The number of ether oxygens (including phenoxy) is 1. The summed E-state index contributed by atoms with van der Waals surface area (Å²) in [7, 11) is 1.60. The summed E-state index contributed by atoms with van der Waals surface area (Å²) in [6, 6.07) is 14.4. The van der Waals surface area contributed by atoms with Crippen LogP contribution in [0.2, 0.25) is 5.02 Å². The van der Waals surface area contributed by atoms with Crippen molar-refractivity contribution in [2.45, 2.75) is 25.8 Å². The number of carbonyl (C=O) groups is 1. The zero-order valence-electron chi connectivity index (χ0n) is 16.5. The summed E-state index contributed by atoms with van der Waals surface area (Å²) in [5.41, 5.74) is 1.46. The summed E-state index contributed by atoms with van der Waals surface area (Å²) in [6.45, 7) is 1.87. The largest absolute Gasteiger partial charge is 0.493 e. The Balaban J connectivity index is 1.35. The van der Waals surface area contributed by atoms with Gasteiger partial charge >= 0.3 is 0 Å². The van der Waals surface area contributed by atoms with Crippen molar-refractivity contribution in [3.8, 4) is 17.1 Å². The van der Waals surface area contributed by atoms with Gasteiger partial charge in [0.15, 0.2) is 11.3 Å². The van der Waals surface area contributed by atoms with E-state index in [1.54, 1.807) is 19.2 Å². The molecule has 30 heavy (non-hydrogen) atoms. The molecule has 0 saturated carbocycles. The molecule has 1 unspecified atom stereocenters. The van der Waals surface area contributed by atoms with Crippen LogP contribution >= 0.6 is 11.6 Å². The number of hydrogen-bond acceptors (Lipinski definition) is 6. The van der Waals surface area contributed by atoms with Crippen LogP contribution in [0, 0.1) is 0 Å². The Bertz CT molecular complexity index is 1170. The van der Waals surface area contributed by atoms with Gasteiger partial charge in [0.2, 0.25) is 17.6 Å². The predicted molar refractivity (Wildman–Crippen MR) is 112 cm³/mol. The minimum Gasteiger partial charge on any atom is -0.493 e. The summed E-state index contributed by atoms with van der Waals surface area (Å²) >= 11 is 5.89. The Hall–Kier alpha value is -3.32. The third-order valence-corrected chi connectivity index (χ3v) is 4.94. The number of methoxy groups -OCH3 is 1. The first kappa shape index (κ1) is 20.0. The molecule has 7 nitrogen and oxygen atoms in total. The van der Waals surface area contributed by atoms with Crippen molar-refractivity contribution < 1.29 is 18.5 Å². The Morgan fingerprint density at radius 2 is 2.03 bits per heavy atom. The molecule has 8 heteroatoms. The van der Waals surface area contributed by atoms with Gasteiger partial charge in [0.1, 0.15) is 5.76 Å². The summed E-state index contributed by atoms with van der Waals surface area (Å²) < 4.78 is 16.5. The van der Waals surface area contributed by atoms with Gasteiger partial charge in [0.05, 0.1) is 13.2 Å². The fraction of sp³-hybridized carbons (Fsp3) is 0.227. The van der Waals surface area contributed by atoms with Gasteiger partial charge in [-0.2, -0.15) is 4.98 Å². The van der Waals surface area contributed by atoms with Crippen LogP contribution in [0.15, 0.2) is 57.5 Å². The number of halogens is 1. The van der Waals surface area contributed by atoms with Crippen molar-refractivity contribution in [1.29, 1.82) is 0 Å². The van der Waals surface area contributed by atoms with E-state index in [9.17, 15) is 4.79 Å². The molecule has 0 radical (unpaired) electrons. The highest BCUT2D eigenvalue weighted by Gasteiger charge is 2.17. The Morgan fingerprint density at radius 3 is 2.80 bits per heavy atom. The van der Waals surface area contributed by atoms with Crippen LogP contribution in [0.3, 0.4) is 0 Å². The first-order chi connectivity index (χ1) is 14.5. The minimum atomic E-state index is -0.290. The maximum absolute atomic E-state index is 12.4. The Kier molecular flexibility index (Phi) is 5.72. The molecule has 1 N–H and O–H groups in total. The number of benzene rings is 2. The topological polar surface area (TPSA) is 90.4 Å². The number of carbonyl (C=O) groups excluding carboxylic acids is 1. The maximum atomic E-state index is 12.4. The Morgan fingerprint density at radius 1 is 1.23 bits per heavy atom. The lowest BCUT2D eigenvalue weighted by Crippen LogP contribution is -2.26. The van der Waals surface area contributed by atoms with Crippen molar-refractivity contribution in [3.05, 3.63) is 65.2 Å². The number of nitrogens with zero attached hydrogens (tertiary/aromatic N) is 2. The van der Waals surface area contributed by atoms with E-state index in [0.29, 0.717) is 40.3 Å². The molecular formula is C22H20ClN3O4. The first-order valence-corrected chi connectivity index (χ1v) is 9.85. The smallest absolute Gasteiger partial charge is 0.227 e. The highest BCUT2D eigenvalue weighted by Crippen LogP contribution is 2.30. The number of nitrogens with one attached hydrogen (secondary N) is 1. The van der Waals surface area contributed by atoms with E-state index in [-0.39, 0.29) is 18.4 Å².